The summed E-state index contributed by atoms with van der Waals surface area (Å²) in [7, 11) is 0. The second-order valence-electron chi connectivity index (χ2n) is 3.32. The number of nitrogen functional groups attached to an aromatic ring is 1. The van der Waals surface area contributed by atoms with Gasteiger partial charge in [-0.3, -0.25) is 5.41 Å². The highest BCUT2D eigenvalue weighted by molar-refractivity contribution is 6.32. The predicted molar refractivity (Wildman–Crippen MR) is 66.7 cm³/mol. The number of H-pyrrole nitrogens is 1. The van der Waals surface area contributed by atoms with E-state index in [-0.39, 0.29) is 5.49 Å². The number of halogens is 1. The zero-order chi connectivity index (χ0) is 12.3. The van der Waals surface area contributed by atoms with E-state index < -0.39 is 0 Å². The average Bonchev–Trinajstić information content (AvgIpc) is 2.30. The molecule has 1 heterocycles. The Labute approximate surface area is 102 Å². The molecule has 4 N–H and O–H groups in total. The molecule has 0 aliphatic carbocycles. The minimum atomic E-state index is 0.221. The van der Waals surface area contributed by atoms with Crippen molar-refractivity contribution in [1.29, 1.82) is 5.41 Å². The van der Waals surface area contributed by atoms with Gasteiger partial charge in [0.2, 0.25) is 0 Å². The van der Waals surface area contributed by atoms with Gasteiger partial charge < -0.3 is 10.7 Å². The van der Waals surface area contributed by atoms with Gasteiger partial charge in [0.15, 0.2) is 0 Å². The van der Waals surface area contributed by atoms with Gasteiger partial charge in [0.05, 0.1) is 5.02 Å². The molecule has 0 saturated carbocycles. The Balaban J connectivity index is 2.33. The van der Waals surface area contributed by atoms with Gasteiger partial charge in [-0.25, -0.2) is 0 Å². The summed E-state index contributed by atoms with van der Waals surface area (Å²) < 4.78 is 0. The molecule has 0 spiro atoms. The third kappa shape index (κ3) is 2.70. The van der Waals surface area contributed by atoms with Gasteiger partial charge in [0.1, 0.15) is 22.7 Å². The first-order valence-electron chi connectivity index (χ1n) is 4.86. The zero-order valence-electron chi connectivity index (χ0n) is 8.81. The SMILES string of the molecule is N=c1ccc(/N=N/c2ccccc2Cl)c(N)[nH]1. The Bertz CT molecular complexity index is 617. The summed E-state index contributed by atoms with van der Waals surface area (Å²) in [6, 6.07) is 10.3. The summed E-state index contributed by atoms with van der Waals surface area (Å²) in [5.41, 5.74) is 6.93. The van der Waals surface area contributed by atoms with Crippen molar-refractivity contribution in [2.24, 2.45) is 10.2 Å². The predicted octanol–water partition coefficient (Wildman–Crippen LogP) is 3.15. The highest BCUT2D eigenvalue weighted by Gasteiger charge is 1.98. The number of nitrogens with zero attached hydrogens (tertiary/aromatic N) is 2. The van der Waals surface area contributed by atoms with Crippen LogP contribution in [-0.2, 0) is 0 Å². The Kier molecular flexibility index (Phi) is 3.20. The highest BCUT2D eigenvalue weighted by atomic mass is 35.5. The molecule has 5 nitrogen and oxygen atoms in total. The number of hydrogen-bond donors (Lipinski definition) is 3. The van der Waals surface area contributed by atoms with Crippen LogP contribution >= 0.6 is 11.6 Å². The van der Waals surface area contributed by atoms with E-state index in [4.69, 9.17) is 22.7 Å². The van der Waals surface area contributed by atoms with Crippen molar-refractivity contribution in [3.63, 3.8) is 0 Å². The summed E-state index contributed by atoms with van der Waals surface area (Å²) >= 11 is 5.93. The second-order valence-corrected chi connectivity index (χ2v) is 3.73. The van der Waals surface area contributed by atoms with Gasteiger partial charge in [-0.2, -0.15) is 0 Å². The molecular formula is C11H10ClN5. The quantitative estimate of drug-likeness (QED) is 0.699. The van der Waals surface area contributed by atoms with Gasteiger partial charge in [-0.15, -0.1) is 10.2 Å². The third-order valence-electron chi connectivity index (χ3n) is 2.07. The summed E-state index contributed by atoms with van der Waals surface area (Å²) in [6.07, 6.45) is 0. The Morgan fingerprint density at radius 1 is 1.06 bits per heavy atom. The minimum absolute atomic E-state index is 0.221. The number of rotatable bonds is 2. The van der Waals surface area contributed by atoms with Crippen molar-refractivity contribution in [3.8, 4) is 0 Å². The topological polar surface area (TPSA) is 90.4 Å². The minimum Gasteiger partial charge on any atom is -0.383 e. The van der Waals surface area contributed by atoms with Gasteiger partial charge in [-0.1, -0.05) is 23.7 Å². The maximum absolute atomic E-state index is 7.33. The van der Waals surface area contributed by atoms with Crippen molar-refractivity contribution in [3.05, 3.63) is 46.9 Å². The van der Waals surface area contributed by atoms with Crippen LogP contribution < -0.4 is 11.2 Å². The van der Waals surface area contributed by atoms with Crippen LogP contribution in [0.2, 0.25) is 5.02 Å². The van der Waals surface area contributed by atoms with E-state index >= 15 is 0 Å². The van der Waals surface area contributed by atoms with Gasteiger partial charge >= 0.3 is 0 Å². The lowest BCUT2D eigenvalue weighted by Crippen LogP contribution is -2.06. The van der Waals surface area contributed by atoms with Crippen molar-refractivity contribution in [1.82, 2.24) is 4.98 Å². The molecule has 0 amide bonds. The number of azo groups is 1. The van der Waals surface area contributed by atoms with Crippen molar-refractivity contribution in [2.75, 3.05) is 5.73 Å². The maximum atomic E-state index is 7.33. The van der Waals surface area contributed by atoms with Crippen LogP contribution in [0.15, 0.2) is 46.6 Å². The fraction of sp³-hybridized carbons (Fsp3) is 0. The molecule has 0 saturated heterocycles. The third-order valence-corrected chi connectivity index (χ3v) is 2.39. The summed E-state index contributed by atoms with van der Waals surface area (Å²) in [5.74, 6) is 0.299. The molecule has 0 atom stereocenters. The largest absolute Gasteiger partial charge is 0.383 e. The monoisotopic (exact) mass is 247 g/mol. The number of nitrogens with one attached hydrogen (secondary N) is 2. The number of aromatic nitrogens is 1. The molecule has 17 heavy (non-hydrogen) atoms. The van der Waals surface area contributed by atoms with Crippen LogP contribution in [0.5, 0.6) is 0 Å². The van der Waals surface area contributed by atoms with Gasteiger partial charge in [0.25, 0.3) is 0 Å². The molecule has 0 unspecified atom stereocenters. The number of aromatic amines is 1. The Hall–Kier alpha value is -2.14. The fourth-order valence-corrected chi connectivity index (χ4v) is 1.40. The van der Waals surface area contributed by atoms with Crippen molar-refractivity contribution in [2.45, 2.75) is 0 Å². The van der Waals surface area contributed by atoms with Crippen LogP contribution in [-0.4, -0.2) is 4.98 Å². The molecule has 2 rings (SSSR count). The van der Waals surface area contributed by atoms with E-state index in [0.29, 0.717) is 22.2 Å². The van der Waals surface area contributed by atoms with E-state index in [1.54, 1.807) is 24.3 Å². The normalized spacial score (nSPS) is 10.9. The van der Waals surface area contributed by atoms with E-state index in [9.17, 15) is 0 Å². The summed E-state index contributed by atoms with van der Waals surface area (Å²) in [4.78, 5) is 2.65. The lowest BCUT2D eigenvalue weighted by molar-refractivity contribution is 1.09. The molecule has 0 radical (unpaired) electrons. The van der Waals surface area contributed by atoms with Crippen LogP contribution in [0.25, 0.3) is 0 Å². The first-order chi connectivity index (χ1) is 8.16. The van der Waals surface area contributed by atoms with Crippen LogP contribution in [0.3, 0.4) is 0 Å². The fourth-order valence-electron chi connectivity index (χ4n) is 1.23. The maximum Gasteiger partial charge on any atom is 0.130 e. The Morgan fingerprint density at radius 2 is 1.76 bits per heavy atom. The molecule has 2 aromatic rings. The van der Waals surface area contributed by atoms with Gasteiger partial charge in [-0.05, 0) is 24.3 Å². The molecule has 6 heteroatoms. The smallest absolute Gasteiger partial charge is 0.130 e. The molecule has 0 aliphatic heterocycles. The standard InChI is InChI=1S/C11H10ClN5/c12-7-3-1-2-4-8(7)16-17-9-5-6-10(13)15-11(9)14/h1-6H,(H4,13,14,15)/b17-16+. The molecule has 1 aromatic heterocycles. The molecule has 0 bridgehead atoms. The van der Waals surface area contributed by atoms with Gasteiger partial charge in [0, 0.05) is 0 Å². The molecule has 0 fully saturated rings. The van der Waals surface area contributed by atoms with Crippen LogP contribution in [0.1, 0.15) is 0 Å². The number of pyridine rings is 1. The molecule has 86 valence electrons. The second kappa shape index (κ2) is 4.80. The number of anilines is 1. The lowest BCUT2D eigenvalue weighted by atomic mass is 10.3. The summed E-state index contributed by atoms with van der Waals surface area (Å²) in [5, 5.41) is 15.8. The first kappa shape index (κ1) is 11.3. The first-order valence-corrected chi connectivity index (χ1v) is 5.24. The van der Waals surface area contributed by atoms with E-state index in [1.165, 1.54) is 0 Å². The average molecular weight is 248 g/mol. The lowest BCUT2D eigenvalue weighted by Gasteiger charge is -1.98. The van der Waals surface area contributed by atoms with Crippen molar-refractivity contribution >= 4 is 28.8 Å². The summed E-state index contributed by atoms with van der Waals surface area (Å²) in [6.45, 7) is 0. The molecule has 1 aromatic carbocycles. The van der Waals surface area contributed by atoms with Crippen LogP contribution in [0.4, 0.5) is 17.2 Å². The van der Waals surface area contributed by atoms with Crippen LogP contribution in [0, 0.1) is 5.41 Å². The molecule has 0 aliphatic rings. The number of nitrogens with two attached hydrogens (primary N) is 1. The highest BCUT2D eigenvalue weighted by Crippen LogP contribution is 2.26. The van der Waals surface area contributed by atoms with E-state index in [2.05, 4.69) is 15.2 Å². The Morgan fingerprint density at radius 3 is 2.47 bits per heavy atom. The molecular weight excluding hydrogens is 238 g/mol. The number of hydrogen-bond acceptors (Lipinski definition) is 4. The van der Waals surface area contributed by atoms with E-state index in [0.717, 1.165) is 0 Å². The van der Waals surface area contributed by atoms with E-state index in [1.807, 2.05) is 12.1 Å². The van der Waals surface area contributed by atoms with Crippen molar-refractivity contribution < 1.29 is 0 Å². The number of benzene rings is 1. The zero-order valence-corrected chi connectivity index (χ0v) is 9.57.